The molecular weight excluding hydrogens is 184 g/mol. The van der Waals surface area contributed by atoms with Gasteiger partial charge in [-0.3, -0.25) is 0 Å². The summed E-state index contributed by atoms with van der Waals surface area (Å²) in [4.78, 5) is 0. The van der Waals surface area contributed by atoms with E-state index in [0.29, 0.717) is 0 Å². The van der Waals surface area contributed by atoms with Crippen molar-refractivity contribution >= 4 is 0 Å². The van der Waals surface area contributed by atoms with Crippen molar-refractivity contribution in [1.29, 1.82) is 0 Å². The van der Waals surface area contributed by atoms with Crippen LogP contribution < -0.4 is 0 Å². The minimum absolute atomic E-state index is 0.269. The Hall–Kier alpha value is -0.820. The molecule has 86 valence electrons. The second kappa shape index (κ2) is 8.49. The van der Waals surface area contributed by atoms with Gasteiger partial charge in [0.25, 0.3) is 0 Å². The fraction of sp³-hybridized carbons (Fsp3) is 0.571. The van der Waals surface area contributed by atoms with Crippen LogP contribution in [0.15, 0.2) is 24.3 Å². The van der Waals surface area contributed by atoms with Gasteiger partial charge in [0.15, 0.2) is 0 Å². The molecule has 0 radical (unpaired) electrons. The lowest BCUT2D eigenvalue weighted by Gasteiger charge is -2.14. The van der Waals surface area contributed by atoms with Gasteiger partial charge < -0.3 is 4.74 Å². The Morgan fingerprint density at radius 3 is 2.07 bits per heavy atom. The zero-order valence-corrected chi connectivity index (χ0v) is 10.7. The molecule has 1 heteroatoms. The minimum atomic E-state index is 0.269. The molecular formula is C14H24O. The van der Waals surface area contributed by atoms with Crippen LogP contribution in [-0.4, -0.2) is 7.11 Å². The van der Waals surface area contributed by atoms with E-state index in [4.69, 9.17) is 4.74 Å². The largest absolute Gasteiger partial charge is 0.377 e. The van der Waals surface area contributed by atoms with E-state index in [0.717, 1.165) is 12.8 Å². The summed E-state index contributed by atoms with van der Waals surface area (Å²) in [5, 5.41) is 0. The molecule has 1 nitrogen and oxygen atoms in total. The number of methoxy groups -OCH3 is 1. The van der Waals surface area contributed by atoms with Gasteiger partial charge in [-0.1, -0.05) is 57.0 Å². The van der Waals surface area contributed by atoms with Crippen LogP contribution in [0.5, 0.6) is 0 Å². The molecule has 0 aliphatic heterocycles. The number of hydrogen-bond acceptors (Lipinski definition) is 1. The summed E-state index contributed by atoms with van der Waals surface area (Å²) >= 11 is 0. The predicted molar refractivity (Wildman–Crippen MR) is 67.2 cm³/mol. The number of benzene rings is 1. The van der Waals surface area contributed by atoms with Gasteiger partial charge in [0, 0.05) is 7.11 Å². The molecule has 1 atom stereocenters. The number of rotatable bonds is 4. The summed E-state index contributed by atoms with van der Waals surface area (Å²) < 4.78 is 5.42. The summed E-state index contributed by atoms with van der Waals surface area (Å²) in [5.74, 6) is 0. The molecule has 15 heavy (non-hydrogen) atoms. The Balaban J connectivity index is 0.000000921. The van der Waals surface area contributed by atoms with E-state index in [1.807, 2.05) is 13.8 Å². The van der Waals surface area contributed by atoms with Crippen LogP contribution in [0.1, 0.15) is 50.8 Å². The van der Waals surface area contributed by atoms with E-state index < -0.39 is 0 Å². The second-order valence-electron chi connectivity index (χ2n) is 3.42. The lowest BCUT2D eigenvalue weighted by Crippen LogP contribution is -2.00. The normalized spacial score (nSPS) is 11.5. The smallest absolute Gasteiger partial charge is 0.0821 e. The SMILES string of the molecule is CC.CCCC(OC)c1ccc(C)cc1. The van der Waals surface area contributed by atoms with E-state index in [-0.39, 0.29) is 6.10 Å². The molecule has 1 aromatic carbocycles. The average molecular weight is 208 g/mol. The average Bonchev–Trinajstić information content (AvgIpc) is 2.30. The van der Waals surface area contributed by atoms with Crippen molar-refractivity contribution in [3.8, 4) is 0 Å². The highest BCUT2D eigenvalue weighted by Crippen LogP contribution is 2.21. The van der Waals surface area contributed by atoms with Gasteiger partial charge in [-0.25, -0.2) is 0 Å². The van der Waals surface area contributed by atoms with Gasteiger partial charge in [0.2, 0.25) is 0 Å². The highest BCUT2D eigenvalue weighted by Gasteiger charge is 2.07. The van der Waals surface area contributed by atoms with E-state index in [1.165, 1.54) is 11.1 Å². The molecule has 1 rings (SSSR count). The third kappa shape index (κ3) is 4.98. The zero-order chi connectivity index (χ0) is 11.7. The van der Waals surface area contributed by atoms with Crippen LogP contribution in [-0.2, 0) is 4.74 Å². The quantitative estimate of drug-likeness (QED) is 0.707. The van der Waals surface area contributed by atoms with Crippen LogP contribution in [0.2, 0.25) is 0 Å². The molecule has 0 aliphatic rings. The highest BCUT2D eigenvalue weighted by atomic mass is 16.5. The molecule has 0 aliphatic carbocycles. The van der Waals surface area contributed by atoms with Crippen LogP contribution in [0.25, 0.3) is 0 Å². The molecule has 0 fully saturated rings. The lowest BCUT2D eigenvalue weighted by atomic mass is 10.0. The number of aryl methyl sites for hydroxylation is 1. The van der Waals surface area contributed by atoms with Gasteiger partial charge in [0.05, 0.1) is 6.10 Å². The summed E-state index contributed by atoms with van der Waals surface area (Å²) in [6, 6.07) is 8.58. The molecule has 0 saturated heterocycles. The van der Waals surface area contributed by atoms with E-state index >= 15 is 0 Å². The molecule has 1 aromatic rings. The van der Waals surface area contributed by atoms with Gasteiger partial charge in [0.1, 0.15) is 0 Å². The first-order chi connectivity index (χ1) is 7.27. The molecule has 0 spiro atoms. The van der Waals surface area contributed by atoms with Crippen LogP contribution in [0, 0.1) is 6.92 Å². The fourth-order valence-electron chi connectivity index (χ4n) is 1.46. The van der Waals surface area contributed by atoms with Gasteiger partial charge in [-0.05, 0) is 18.9 Å². The highest BCUT2D eigenvalue weighted by molar-refractivity contribution is 5.23. The molecule has 0 saturated carbocycles. The zero-order valence-electron chi connectivity index (χ0n) is 10.7. The monoisotopic (exact) mass is 208 g/mol. The van der Waals surface area contributed by atoms with Crippen molar-refractivity contribution < 1.29 is 4.74 Å². The van der Waals surface area contributed by atoms with Crippen molar-refractivity contribution in [3.05, 3.63) is 35.4 Å². The first kappa shape index (κ1) is 14.2. The maximum absolute atomic E-state index is 5.42. The van der Waals surface area contributed by atoms with Crippen LogP contribution in [0.4, 0.5) is 0 Å². The van der Waals surface area contributed by atoms with Crippen molar-refractivity contribution in [2.75, 3.05) is 7.11 Å². The molecule has 0 bridgehead atoms. The lowest BCUT2D eigenvalue weighted by molar-refractivity contribution is 0.0950. The van der Waals surface area contributed by atoms with Crippen molar-refractivity contribution in [1.82, 2.24) is 0 Å². The van der Waals surface area contributed by atoms with Gasteiger partial charge in [-0.15, -0.1) is 0 Å². The third-order valence-electron chi connectivity index (χ3n) is 2.28. The summed E-state index contributed by atoms with van der Waals surface area (Å²) in [7, 11) is 1.78. The Bertz CT molecular complexity index is 238. The number of ether oxygens (including phenoxy) is 1. The Morgan fingerprint density at radius 1 is 1.13 bits per heavy atom. The van der Waals surface area contributed by atoms with E-state index in [1.54, 1.807) is 7.11 Å². The molecule has 0 aromatic heterocycles. The fourth-order valence-corrected chi connectivity index (χ4v) is 1.46. The maximum atomic E-state index is 5.42. The van der Waals surface area contributed by atoms with E-state index in [9.17, 15) is 0 Å². The Morgan fingerprint density at radius 2 is 1.67 bits per heavy atom. The summed E-state index contributed by atoms with van der Waals surface area (Å²) in [5.41, 5.74) is 2.59. The molecule has 0 heterocycles. The van der Waals surface area contributed by atoms with Crippen molar-refractivity contribution in [3.63, 3.8) is 0 Å². The number of hydrogen-bond donors (Lipinski definition) is 0. The minimum Gasteiger partial charge on any atom is -0.377 e. The first-order valence-corrected chi connectivity index (χ1v) is 5.87. The van der Waals surface area contributed by atoms with Gasteiger partial charge in [-0.2, -0.15) is 0 Å². The predicted octanol–water partition coefficient (Wildman–Crippen LogP) is 4.51. The van der Waals surface area contributed by atoms with Gasteiger partial charge >= 0.3 is 0 Å². The summed E-state index contributed by atoms with van der Waals surface area (Å²) in [6.45, 7) is 8.28. The molecule has 1 unspecified atom stereocenters. The molecule has 0 N–H and O–H groups in total. The van der Waals surface area contributed by atoms with E-state index in [2.05, 4.69) is 38.1 Å². The third-order valence-corrected chi connectivity index (χ3v) is 2.28. The second-order valence-corrected chi connectivity index (χ2v) is 3.42. The van der Waals surface area contributed by atoms with Crippen molar-refractivity contribution in [2.45, 2.75) is 46.6 Å². The van der Waals surface area contributed by atoms with Crippen molar-refractivity contribution in [2.24, 2.45) is 0 Å². The molecule has 0 amide bonds. The standard InChI is InChI=1S/C12H18O.C2H6/c1-4-5-12(13-3)11-8-6-10(2)7-9-11;1-2/h6-9,12H,4-5H2,1-3H3;1-2H3. The first-order valence-electron chi connectivity index (χ1n) is 5.87. The Labute approximate surface area is 94.5 Å². The Kier molecular flexibility index (Phi) is 8.02. The van der Waals surface area contributed by atoms with Crippen LogP contribution in [0.3, 0.4) is 0 Å². The van der Waals surface area contributed by atoms with Crippen LogP contribution >= 0.6 is 0 Å². The topological polar surface area (TPSA) is 9.23 Å². The summed E-state index contributed by atoms with van der Waals surface area (Å²) in [6.07, 6.45) is 2.52. The maximum Gasteiger partial charge on any atom is 0.0821 e.